The number of carbonyl (C=O) groups excluding carboxylic acids is 2. The third kappa shape index (κ3) is 6.24. The molecule has 0 aliphatic carbocycles. The maximum Gasteiger partial charge on any atom is 0.260 e. The highest BCUT2D eigenvalue weighted by molar-refractivity contribution is 5.80. The monoisotopic (exact) mass is 396 g/mol. The quantitative estimate of drug-likeness (QED) is 0.722. The Bertz CT molecular complexity index is 792. The number of benzene rings is 2. The Labute approximate surface area is 172 Å². The van der Waals surface area contributed by atoms with Crippen molar-refractivity contribution in [2.24, 2.45) is 0 Å². The number of amides is 2. The predicted molar refractivity (Wildman–Crippen MR) is 111 cm³/mol. The minimum absolute atomic E-state index is 0.0180. The molecule has 2 aromatic rings. The molecule has 0 aromatic heterocycles. The second-order valence-electron chi connectivity index (χ2n) is 6.97. The van der Waals surface area contributed by atoms with Crippen LogP contribution in [0.15, 0.2) is 54.6 Å². The number of para-hydroxylation sites is 1. The molecule has 1 saturated heterocycles. The maximum absolute atomic E-state index is 12.7. The third-order valence-corrected chi connectivity index (χ3v) is 4.90. The molecule has 3 rings (SSSR count). The molecule has 1 fully saturated rings. The standard InChI is InChI=1S/C23H28N2O4/c1-2-28-21-11-9-19(10-12-21)17-22(26)24-13-6-14-25(16-15-24)23(27)18-29-20-7-4-3-5-8-20/h3-5,7-12H,2,6,13-18H2,1H3. The van der Waals surface area contributed by atoms with E-state index in [4.69, 9.17) is 9.47 Å². The van der Waals surface area contributed by atoms with Crippen LogP contribution < -0.4 is 9.47 Å². The van der Waals surface area contributed by atoms with Crippen LogP contribution >= 0.6 is 0 Å². The van der Waals surface area contributed by atoms with Gasteiger partial charge >= 0.3 is 0 Å². The SMILES string of the molecule is CCOc1ccc(CC(=O)N2CCCN(C(=O)COc3ccccc3)CC2)cc1. The molecule has 29 heavy (non-hydrogen) atoms. The first-order valence-electron chi connectivity index (χ1n) is 10.1. The number of rotatable bonds is 7. The Kier molecular flexibility index (Phi) is 7.50. The molecule has 2 amide bonds. The molecule has 0 radical (unpaired) electrons. The Hall–Kier alpha value is -3.02. The van der Waals surface area contributed by atoms with Gasteiger partial charge in [-0.15, -0.1) is 0 Å². The van der Waals surface area contributed by atoms with Crippen LogP contribution in [0.2, 0.25) is 0 Å². The summed E-state index contributed by atoms with van der Waals surface area (Å²) in [6.45, 7) is 4.97. The van der Waals surface area contributed by atoms with E-state index in [9.17, 15) is 9.59 Å². The summed E-state index contributed by atoms with van der Waals surface area (Å²) in [4.78, 5) is 28.8. The second-order valence-corrected chi connectivity index (χ2v) is 6.97. The van der Waals surface area contributed by atoms with Crippen LogP contribution in [0.25, 0.3) is 0 Å². The normalized spacial score (nSPS) is 14.2. The van der Waals surface area contributed by atoms with Gasteiger partial charge in [-0.25, -0.2) is 0 Å². The largest absolute Gasteiger partial charge is 0.494 e. The molecule has 0 atom stereocenters. The van der Waals surface area contributed by atoms with E-state index in [2.05, 4.69) is 0 Å². The summed E-state index contributed by atoms with van der Waals surface area (Å²) in [6.07, 6.45) is 1.13. The molecule has 0 saturated carbocycles. The lowest BCUT2D eigenvalue weighted by molar-refractivity contribution is -0.134. The van der Waals surface area contributed by atoms with Gasteiger partial charge in [-0.1, -0.05) is 30.3 Å². The average Bonchev–Trinajstić information content (AvgIpc) is 3.01. The first kappa shape index (κ1) is 20.7. The van der Waals surface area contributed by atoms with Gasteiger partial charge in [0.2, 0.25) is 5.91 Å². The van der Waals surface area contributed by atoms with Crippen molar-refractivity contribution in [1.29, 1.82) is 0 Å². The van der Waals surface area contributed by atoms with E-state index in [0.29, 0.717) is 45.0 Å². The van der Waals surface area contributed by atoms with Gasteiger partial charge in [-0.05, 0) is 43.2 Å². The summed E-state index contributed by atoms with van der Waals surface area (Å²) < 4.78 is 11.0. The summed E-state index contributed by atoms with van der Waals surface area (Å²) in [5, 5.41) is 0. The van der Waals surface area contributed by atoms with E-state index in [-0.39, 0.29) is 18.4 Å². The summed E-state index contributed by atoms with van der Waals surface area (Å²) in [7, 11) is 0. The van der Waals surface area contributed by atoms with Gasteiger partial charge in [-0.3, -0.25) is 9.59 Å². The lowest BCUT2D eigenvalue weighted by Gasteiger charge is -2.22. The third-order valence-electron chi connectivity index (χ3n) is 4.90. The Morgan fingerprint density at radius 3 is 2.07 bits per heavy atom. The number of nitrogens with zero attached hydrogens (tertiary/aromatic N) is 2. The lowest BCUT2D eigenvalue weighted by Crippen LogP contribution is -2.39. The molecule has 1 aliphatic heterocycles. The summed E-state index contributed by atoms with van der Waals surface area (Å²) in [6, 6.07) is 17.0. The van der Waals surface area contributed by atoms with Gasteiger partial charge in [-0.2, -0.15) is 0 Å². The molecular formula is C23H28N2O4. The van der Waals surface area contributed by atoms with Crippen LogP contribution in [0.1, 0.15) is 18.9 Å². The second kappa shape index (κ2) is 10.5. The van der Waals surface area contributed by atoms with Crippen molar-refractivity contribution in [2.45, 2.75) is 19.8 Å². The predicted octanol–water partition coefficient (Wildman–Crippen LogP) is 2.77. The maximum atomic E-state index is 12.7. The van der Waals surface area contributed by atoms with Crippen LogP contribution in [0, 0.1) is 0 Å². The van der Waals surface area contributed by atoms with Crippen molar-refractivity contribution < 1.29 is 19.1 Å². The van der Waals surface area contributed by atoms with Crippen molar-refractivity contribution in [2.75, 3.05) is 39.4 Å². The van der Waals surface area contributed by atoms with Crippen molar-refractivity contribution in [3.8, 4) is 11.5 Å². The van der Waals surface area contributed by atoms with Crippen molar-refractivity contribution in [1.82, 2.24) is 9.80 Å². The highest BCUT2D eigenvalue weighted by Gasteiger charge is 2.22. The zero-order chi connectivity index (χ0) is 20.5. The molecule has 1 heterocycles. The molecule has 1 aliphatic rings. The van der Waals surface area contributed by atoms with Gasteiger partial charge in [0.05, 0.1) is 13.0 Å². The van der Waals surface area contributed by atoms with Crippen LogP contribution in [0.5, 0.6) is 11.5 Å². The van der Waals surface area contributed by atoms with Gasteiger partial charge in [0, 0.05) is 26.2 Å². The first-order valence-corrected chi connectivity index (χ1v) is 10.1. The number of ether oxygens (including phenoxy) is 2. The Balaban J connectivity index is 1.47. The summed E-state index contributed by atoms with van der Waals surface area (Å²) in [5.41, 5.74) is 0.965. The fourth-order valence-electron chi connectivity index (χ4n) is 3.33. The molecule has 6 nitrogen and oxygen atoms in total. The number of hydrogen-bond donors (Lipinski definition) is 0. The molecule has 0 spiro atoms. The minimum atomic E-state index is -0.0466. The van der Waals surface area contributed by atoms with E-state index < -0.39 is 0 Å². The summed E-state index contributed by atoms with van der Waals surface area (Å²) >= 11 is 0. The smallest absolute Gasteiger partial charge is 0.260 e. The van der Waals surface area contributed by atoms with Crippen LogP contribution in [0.4, 0.5) is 0 Å². The van der Waals surface area contributed by atoms with Crippen molar-refractivity contribution in [3.63, 3.8) is 0 Å². The van der Waals surface area contributed by atoms with E-state index in [1.54, 1.807) is 4.90 Å². The molecular weight excluding hydrogens is 368 g/mol. The average molecular weight is 396 g/mol. The first-order chi connectivity index (χ1) is 14.2. The highest BCUT2D eigenvalue weighted by Crippen LogP contribution is 2.14. The number of hydrogen-bond acceptors (Lipinski definition) is 4. The molecule has 6 heteroatoms. The fraction of sp³-hybridized carbons (Fsp3) is 0.391. The van der Waals surface area contributed by atoms with E-state index in [1.165, 1.54) is 0 Å². The minimum Gasteiger partial charge on any atom is -0.494 e. The van der Waals surface area contributed by atoms with Crippen molar-refractivity contribution >= 4 is 11.8 Å². The summed E-state index contributed by atoms with van der Waals surface area (Å²) in [5.74, 6) is 1.53. The van der Waals surface area contributed by atoms with Gasteiger partial charge < -0.3 is 19.3 Å². The zero-order valence-electron chi connectivity index (χ0n) is 16.9. The molecule has 2 aromatic carbocycles. The van der Waals surface area contributed by atoms with E-state index in [0.717, 1.165) is 17.7 Å². The van der Waals surface area contributed by atoms with E-state index in [1.807, 2.05) is 66.4 Å². The van der Waals surface area contributed by atoms with Crippen molar-refractivity contribution in [3.05, 3.63) is 60.2 Å². The Morgan fingerprint density at radius 2 is 1.41 bits per heavy atom. The van der Waals surface area contributed by atoms with Crippen LogP contribution in [0.3, 0.4) is 0 Å². The number of carbonyl (C=O) groups is 2. The molecule has 0 bridgehead atoms. The molecule has 154 valence electrons. The van der Waals surface area contributed by atoms with E-state index >= 15 is 0 Å². The van der Waals surface area contributed by atoms with Gasteiger partial charge in [0.1, 0.15) is 11.5 Å². The lowest BCUT2D eigenvalue weighted by atomic mass is 10.1. The zero-order valence-corrected chi connectivity index (χ0v) is 16.9. The fourth-order valence-corrected chi connectivity index (χ4v) is 3.33. The highest BCUT2D eigenvalue weighted by atomic mass is 16.5. The molecule has 0 N–H and O–H groups in total. The Morgan fingerprint density at radius 1 is 0.793 bits per heavy atom. The van der Waals surface area contributed by atoms with Crippen LogP contribution in [-0.4, -0.2) is 61.0 Å². The van der Waals surface area contributed by atoms with Gasteiger partial charge in [0.25, 0.3) is 5.91 Å². The molecule has 0 unspecified atom stereocenters. The van der Waals surface area contributed by atoms with Crippen LogP contribution in [-0.2, 0) is 16.0 Å². The topological polar surface area (TPSA) is 59.1 Å². The van der Waals surface area contributed by atoms with Gasteiger partial charge in [0.15, 0.2) is 6.61 Å².